The second-order valence-electron chi connectivity index (χ2n) is 5.31. The number of carbonyl (C=O) groups excluding carboxylic acids is 1. The van der Waals surface area contributed by atoms with Crippen molar-refractivity contribution in [3.8, 4) is 5.75 Å². The number of carboxylic acid groups (broad SMARTS) is 1. The predicted molar refractivity (Wildman–Crippen MR) is 90.4 cm³/mol. The third-order valence-corrected chi connectivity index (χ3v) is 3.98. The van der Waals surface area contributed by atoms with Crippen LogP contribution in [-0.4, -0.2) is 23.1 Å². The summed E-state index contributed by atoms with van der Waals surface area (Å²) >= 11 is 1.61. The highest BCUT2D eigenvalue weighted by molar-refractivity contribution is 7.09. The van der Waals surface area contributed by atoms with E-state index in [1.807, 2.05) is 31.4 Å². The normalized spacial score (nSPS) is 10.6. The van der Waals surface area contributed by atoms with Crippen LogP contribution in [0.2, 0.25) is 0 Å². The summed E-state index contributed by atoms with van der Waals surface area (Å²) in [7, 11) is 0. The molecule has 0 radical (unpaired) electrons. The number of carbonyl (C=O) groups is 2. The van der Waals surface area contributed by atoms with Gasteiger partial charge in [-0.15, -0.1) is 11.3 Å². The van der Waals surface area contributed by atoms with Crippen LogP contribution >= 0.6 is 11.3 Å². The minimum atomic E-state index is -1.05. The molecule has 0 saturated heterocycles. The van der Waals surface area contributed by atoms with Crippen LogP contribution in [0.15, 0.2) is 35.7 Å². The van der Waals surface area contributed by atoms with Gasteiger partial charge in [0.25, 0.3) is 0 Å². The maximum Gasteiger partial charge on any atom is 0.335 e. The SMILES string of the molecule is CC(C)Oc1ccc(C(=O)O)cc1NC(=O)CCc1cccs1. The molecule has 5 nitrogen and oxygen atoms in total. The van der Waals surface area contributed by atoms with Crippen molar-refractivity contribution < 1.29 is 19.4 Å². The van der Waals surface area contributed by atoms with Crippen LogP contribution in [0.1, 0.15) is 35.5 Å². The van der Waals surface area contributed by atoms with E-state index in [-0.39, 0.29) is 17.6 Å². The Hall–Kier alpha value is -2.34. The molecule has 122 valence electrons. The van der Waals surface area contributed by atoms with Crippen molar-refractivity contribution in [2.45, 2.75) is 32.8 Å². The molecule has 1 heterocycles. The number of ether oxygens (including phenoxy) is 1. The molecule has 6 heteroatoms. The van der Waals surface area contributed by atoms with Crippen molar-refractivity contribution in [3.05, 3.63) is 46.2 Å². The first-order chi connectivity index (χ1) is 11.0. The molecule has 0 aliphatic rings. The number of nitrogens with one attached hydrogen (secondary N) is 1. The number of aryl methyl sites for hydroxylation is 1. The van der Waals surface area contributed by atoms with Crippen molar-refractivity contribution >= 4 is 28.9 Å². The number of hydrogen-bond acceptors (Lipinski definition) is 4. The zero-order valence-electron chi connectivity index (χ0n) is 13.0. The summed E-state index contributed by atoms with van der Waals surface area (Å²) in [4.78, 5) is 24.4. The lowest BCUT2D eigenvalue weighted by molar-refractivity contribution is -0.116. The van der Waals surface area contributed by atoms with Crippen molar-refractivity contribution in [3.63, 3.8) is 0 Å². The van der Waals surface area contributed by atoms with Gasteiger partial charge in [0.2, 0.25) is 5.91 Å². The smallest absolute Gasteiger partial charge is 0.335 e. The number of anilines is 1. The first-order valence-electron chi connectivity index (χ1n) is 7.32. The molecule has 0 spiro atoms. The second kappa shape index (κ2) is 7.78. The van der Waals surface area contributed by atoms with Crippen molar-refractivity contribution in [2.75, 3.05) is 5.32 Å². The summed E-state index contributed by atoms with van der Waals surface area (Å²) < 4.78 is 5.63. The second-order valence-corrected chi connectivity index (χ2v) is 6.34. The van der Waals surface area contributed by atoms with Gasteiger partial charge in [0.15, 0.2) is 0 Å². The van der Waals surface area contributed by atoms with Crippen LogP contribution in [0, 0.1) is 0 Å². The van der Waals surface area contributed by atoms with Crippen molar-refractivity contribution in [1.82, 2.24) is 0 Å². The van der Waals surface area contributed by atoms with E-state index in [0.29, 0.717) is 24.3 Å². The van der Waals surface area contributed by atoms with E-state index in [4.69, 9.17) is 9.84 Å². The maximum atomic E-state index is 12.1. The summed E-state index contributed by atoms with van der Waals surface area (Å²) in [5.74, 6) is -0.751. The highest BCUT2D eigenvalue weighted by atomic mass is 32.1. The summed E-state index contributed by atoms with van der Waals surface area (Å²) in [5.41, 5.74) is 0.490. The number of thiophene rings is 1. The topological polar surface area (TPSA) is 75.6 Å². The zero-order chi connectivity index (χ0) is 16.8. The van der Waals surface area contributed by atoms with Gasteiger partial charge in [0.1, 0.15) is 5.75 Å². The van der Waals surface area contributed by atoms with Crippen LogP contribution in [-0.2, 0) is 11.2 Å². The molecule has 1 aromatic heterocycles. The molecular formula is C17H19NO4S. The standard InChI is InChI=1S/C17H19NO4S/c1-11(2)22-15-7-5-12(17(20)21)10-14(15)18-16(19)8-6-13-4-3-9-23-13/h3-5,7,9-11H,6,8H2,1-2H3,(H,18,19)(H,20,21). The van der Waals surface area contributed by atoms with E-state index in [1.165, 1.54) is 12.1 Å². The molecule has 2 rings (SSSR count). The van der Waals surface area contributed by atoms with Gasteiger partial charge in [-0.3, -0.25) is 4.79 Å². The Labute approximate surface area is 138 Å². The first kappa shape index (κ1) is 17.0. The number of carboxylic acids is 1. The highest BCUT2D eigenvalue weighted by Gasteiger charge is 2.13. The molecule has 1 amide bonds. The third kappa shape index (κ3) is 5.10. The number of aromatic carboxylic acids is 1. The minimum absolute atomic E-state index is 0.0764. The number of rotatable bonds is 7. The highest BCUT2D eigenvalue weighted by Crippen LogP contribution is 2.27. The molecule has 1 aromatic carbocycles. The van der Waals surface area contributed by atoms with Gasteiger partial charge in [-0.05, 0) is 49.9 Å². The van der Waals surface area contributed by atoms with E-state index in [1.54, 1.807) is 17.4 Å². The average molecular weight is 333 g/mol. The first-order valence-corrected chi connectivity index (χ1v) is 8.20. The monoisotopic (exact) mass is 333 g/mol. The van der Waals surface area contributed by atoms with Gasteiger partial charge in [-0.2, -0.15) is 0 Å². The fourth-order valence-electron chi connectivity index (χ4n) is 2.02. The Bertz CT molecular complexity index is 680. The van der Waals surface area contributed by atoms with Gasteiger partial charge in [0.05, 0.1) is 17.4 Å². The summed E-state index contributed by atoms with van der Waals surface area (Å²) in [5, 5.41) is 13.8. The molecule has 2 N–H and O–H groups in total. The number of benzene rings is 1. The van der Waals surface area contributed by atoms with Crippen LogP contribution in [0.4, 0.5) is 5.69 Å². The van der Waals surface area contributed by atoms with Gasteiger partial charge in [-0.1, -0.05) is 6.07 Å². The fraction of sp³-hybridized carbons (Fsp3) is 0.294. The number of hydrogen-bond donors (Lipinski definition) is 2. The van der Waals surface area contributed by atoms with Gasteiger partial charge >= 0.3 is 5.97 Å². The van der Waals surface area contributed by atoms with Crippen LogP contribution in [0.5, 0.6) is 5.75 Å². The Morgan fingerprint density at radius 3 is 2.70 bits per heavy atom. The molecule has 0 aliphatic heterocycles. The molecule has 2 aromatic rings. The van der Waals surface area contributed by atoms with E-state index in [9.17, 15) is 9.59 Å². The molecule has 0 bridgehead atoms. The lowest BCUT2D eigenvalue weighted by Crippen LogP contribution is -2.15. The Kier molecular flexibility index (Phi) is 5.76. The Morgan fingerprint density at radius 1 is 1.30 bits per heavy atom. The van der Waals surface area contributed by atoms with Gasteiger partial charge in [0, 0.05) is 11.3 Å². The minimum Gasteiger partial charge on any atom is -0.489 e. The summed E-state index contributed by atoms with van der Waals surface area (Å²) in [6, 6.07) is 8.38. The van der Waals surface area contributed by atoms with Crippen LogP contribution in [0.3, 0.4) is 0 Å². The Balaban J connectivity index is 2.10. The van der Waals surface area contributed by atoms with E-state index in [0.717, 1.165) is 4.88 Å². The van der Waals surface area contributed by atoms with Gasteiger partial charge in [-0.25, -0.2) is 4.79 Å². The molecule has 0 saturated carbocycles. The molecule has 23 heavy (non-hydrogen) atoms. The average Bonchev–Trinajstić information content (AvgIpc) is 2.99. The third-order valence-electron chi connectivity index (χ3n) is 3.04. The molecular weight excluding hydrogens is 314 g/mol. The van der Waals surface area contributed by atoms with E-state index in [2.05, 4.69) is 5.32 Å². The van der Waals surface area contributed by atoms with Crippen LogP contribution < -0.4 is 10.1 Å². The summed E-state index contributed by atoms with van der Waals surface area (Å²) in [6.07, 6.45) is 0.911. The maximum absolute atomic E-state index is 12.1. The molecule has 0 aliphatic carbocycles. The zero-order valence-corrected chi connectivity index (χ0v) is 13.9. The molecule has 0 unspecified atom stereocenters. The summed E-state index contributed by atoms with van der Waals surface area (Å²) in [6.45, 7) is 3.74. The largest absolute Gasteiger partial charge is 0.489 e. The molecule has 0 atom stereocenters. The lowest BCUT2D eigenvalue weighted by Gasteiger charge is -2.15. The van der Waals surface area contributed by atoms with E-state index >= 15 is 0 Å². The van der Waals surface area contributed by atoms with E-state index < -0.39 is 5.97 Å². The Morgan fingerprint density at radius 2 is 2.09 bits per heavy atom. The lowest BCUT2D eigenvalue weighted by atomic mass is 10.1. The fourth-order valence-corrected chi connectivity index (χ4v) is 2.73. The van der Waals surface area contributed by atoms with Crippen molar-refractivity contribution in [1.29, 1.82) is 0 Å². The predicted octanol–water partition coefficient (Wildman–Crippen LogP) is 3.80. The number of amides is 1. The molecule has 0 fully saturated rings. The van der Waals surface area contributed by atoms with Crippen LogP contribution in [0.25, 0.3) is 0 Å². The van der Waals surface area contributed by atoms with Crippen molar-refractivity contribution in [2.24, 2.45) is 0 Å². The quantitative estimate of drug-likeness (QED) is 0.808. The van der Waals surface area contributed by atoms with Gasteiger partial charge < -0.3 is 15.2 Å².